The Morgan fingerprint density at radius 2 is 2.15 bits per heavy atom. The maximum absolute atomic E-state index is 12.1. The third-order valence-electron chi connectivity index (χ3n) is 3.28. The summed E-state index contributed by atoms with van der Waals surface area (Å²) in [5, 5.41) is 12.6. The number of nitrogen functional groups attached to an aromatic ring is 1. The summed E-state index contributed by atoms with van der Waals surface area (Å²) < 4.78 is 5.49. The van der Waals surface area contributed by atoms with Gasteiger partial charge in [-0.3, -0.25) is 4.79 Å². The number of aliphatic hydroxyl groups excluding tert-OH is 1. The van der Waals surface area contributed by atoms with Crippen molar-refractivity contribution in [1.29, 1.82) is 0 Å². The number of hydrogen-bond acceptors (Lipinski definition) is 4. The maximum Gasteiger partial charge on any atom is 0.287 e. The summed E-state index contributed by atoms with van der Waals surface area (Å²) in [6.07, 6.45) is 0.629. The van der Waals surface area contributed by atoms with Crippen molar-refractivity contribution in [2.75, 3.05) is 18.9 Å². The Kier molecular flexibility index (Phi) is 3.99. The molecule has 1 aromatic carbocycles. The van der Waals surface area contributed by atoms with Crippen LogP contribution in [0.5, 0.6) is 0 Å². The number of hydrogen-bond donors (Lipinski definition) is 3. The molecule has 20 heavy (non-hydrogen) atoms. The van der Waals surface area contributed by atoms with Gasteiger partial charge in [0.15, 0.2) is 5.76 Å². The molecule has 0 aliphatic rings. The lowest BCUT2D eigenvalue weighted by Gasteiger charge is -2.23. The number of carbonyl (C=O) groups excluding carboxylic acids is 1. The molecule has 2 aromatic rings. The molecule has 0 aliphatic carbocycles. The van der Waals surface area contributed by atoms with E-state index in [1.165, 1.54) is 0 Å². The minimum Gasteiger partial charge on any atom is -0.451 e. The zero-order valence-electron chi connectivity index (χ0n) is 11.8. The van der Waals surface area contributed by atoms with Crippen molar-refractivity contribution < 1.29 is 14.3 Å². The summed E-state index contributed by atoms with van der Waals surface area (Å²) in [5.41, 5.74) is 6.81. The lowest BCUT2D eigenvalue weighted by Crippen LogP contribution is -2.34. The monoisotopic (exact) mass is 276 g/mol. The molecule has 1 aromatic heterocycles. The van der Waals surface area contributed by atoms with Crippen molar-refractivity contribution in [2.45, 2.75) is 20.3 Å². The van der Waals surface area contributed by atoms with Crippen LogP contribution in [-0.4, -0.2) is 24.2 Å². The van der Waals surface area contributed by atoms with E-state index in [4.69, 9.17) is 15.3 Å². The number of benzene rings is 1. The highest BCUT2D eigenvalue weighted by Crippen LogP contribution is 2.22. The van der Waals surface area contributed by atoms with Crippen LogP contribution in [0.4, 0.5) is 5.69 Å². The normalized spacial score (nSPS) is 11.8. The van der Waals surface area contributed by atoms with Crippen LogP contribution in [0.2, 0.25) is 0 Å². The van der Waals surface area contributed by atoms with Crippen molar-refractivity contribution >= 4 is 22.6 Å². The first kappa shape index (κ1) is 14.4. The molecule has 5 heteroatoms. The maximum atomic E-state index is 12.1. The molecule has 5 nitrogen and oxygen atoms in total. The minimum atomic E-state index is -0.259. The standard InChI is InChI=1S/C15H20N2O3/c1-15(2,5-6-18)9-17-14(19)13-8-10-7-11(16)3-4-12(10)20-13/h3-4,7-8,18H,5-6,9,16H2,1-2H3,(H,17,19). The van der Waals surface area contributed by atoms with Gasteiger partial charge in [0.1, 0.15) is 5.58 Å². The number of carbonyl (C=O) groups is 1. The summed E-state index contributed by atoms with van der Waals surface area (Å²) in [6.45, 7) is 4.56. The first-order chi connectivity index (χ1) is 9.41. The molecular weight excluding hydrogens is 256 g/mol. The summed E-state index contributed by atoms with van der Waals surface area (Å²) in [7, 11) is 0. The number of anilines is 1. The van der Waals surface area contributed by atoms with E-state index < -0.39 is 0 Å². The molecule has 1 heterocycles. The van der Waals surface area contributed by atoms with Crippen LogP contribution in [0.1, 0.15) is 30.8 Å². The number of aliphatic hydroxyl groups is 1. The molecule has 108 valence electrons. The third kappa shape index (κ3) is 3.30. The van der Waals surface area contributed by atoms with Gasteiger partial charge in [-0.05, 0) is 36.1 Å². The largest absolute Gasteiger partial charge is 0.451 e. The number of nitrogens with one attached hydrogen (secondary N) is 1. The lowest BCUT2D eigenvalue weighted by atomic mass is 9.90. The second kappa shape index (κ2) is 5.54. The zero-order valence-corrected chi connectivity index (χ0v) is 11.8. The van der Waals surface area contributed by atoms with Crippen LogP contribution in [0, 0.1) is 5.41 Å². The van der Waals surface area contributed by atoms with Crippen LogP contribution in [-0.2, 0) is 0 Å². The average Bonchev–Trinajstić information content (AvgIpc) is 2.79. The van der Waals surface area contributed by atoms with E-state index in [0.29, 0.717) is 24.2 Å². The Balaban J connectivity index is 2.08. The van der Waals surface area contributed by atoms with E-state index in [1.54, 1.807) is 24.3 Å². The molecule has 2 rings (SSSR count). The summed E-state index contributed by atoms with van der Waals surface area (Å²) in [5.74, 6) is 0.0104. The van der Waals surface area contributed by atoms with Gasteiger partial charge in [-0.2, -0.15) is 0 Å². The average molecular weight is 276 g/mol. The first-order valence-corrected chi connectivity index (χ1v) is 6.59. The second-order valence-corrected chi connectivity index (χ2v) is 5.73. The molecule has 0 aliphatic heterocycles. The molecular formula is C15H20N2O3. The van der Waals surface area contributed by atoms with Gasteiger partial charge < -0.3 is 20.6 Å². The molecule has 4 N–H and O–H groups in total. The van der Waals surface area contributed by atoms with Crippen LogP contribution in [0.25, 0.3) is 11.0 Å². The Hall–Kier alpha value is -2.01. The van der Waals surface area contributed by atoms with E-state index in [0.717, 1.165) is 5.39 Å². The van der Waals surface area contributed by atoms with E-state index in [9.17, 15) is 4.79 Å². The van der Waals surface area contributed by atoms with Gasteiger partial charge in [0, 0.05) is 24.2 Å². The van der Waals surface area contributed by atoms with Crippen LogP contribution >= 0.6 is 0 Å². The third-order valence-corrected chi connectivity index (χ3v) is 3.28. The fourth-order valence-corrected chi connectivity index (χ4v) is 1.97. The summed E-state index contributed by atoms with van der Waals surface area (Å²) >= 11 is 0. The van der Waals surface area contributed by atoms with Gasteiger partial charge in [-0.15, -0.1) is 0 Å². The molecule has 0 radical (unpaired) electrons. The lowest BCUT2D eigenvalue weighted by molar-refractivity contribution is 0.0902. The van der Waals surface area contributed by atoms with Gasteiger partial charge in [-0.1, -0.05) is 13.8 Å². The Bertz CT molecular complexity index is 617. The van der Waals surface area contributed by atoms with Gasteiger partial charge >= 0.3 is 0 Å². The number of amides is 1. The highest BCUT2D eigenvalue weighted by atomic mass is 16.3. The number of furan rings is 1. The van der Waals surface area contributed by atoms with Gasteiger partial charge in [0.2, 0.25) is 0 Å². The molecule has 0 saturated carbocycles. The van der Waals surface area contributed by atoms with E-state index in [-0.39, 0.29) is 23.7 Å². The smallest absolute Gasteiger partial charge is 0.287 e. The fraction of sp³-hybridized carbons (Fsp3) is 0.400. The SMILES string of the molecule is CC(C)(CCO)CNC(=O)c1cc2cc(N)ccc2o1. The van der Waals surface area contributed by atoms with Crippen molar-refractivity contribution in [3.63, 3.8) is 0 Å². The number of fused-ring (bicyclic) bond motifs is 1. The molecule has 0 fully saturated rings. The van der Waals surface area contributed by atoms with Crippen LogP contribution in [0.15, 0.2) is 28.7 Å². The Labute approximate surface area is 117 Å². The molecule has 0 bridgehead atoms. The van der Waals surface area contributed by atoms with Crippen molar-refractivity contribution in [1.82, 2.24) is 5.32 Å². The number of rotatable bonds is 5. The van der Waals surface area contributed by atoms with Gasteiger partial charge in [-0.25, -0.2) is 0 Å². The van der Waals surface area contributed by atoms with Crippen molar-refractivity contribution in [3.05, 3.63) is 30.0 Å². The molecule has 0 unspecified atom stereocenters. The summed E-state index contributed by atoms with van der Waals surface area (Å²) in [4.78, 5) is 12.1. The number of nitrogens with two attached hydrogens (primary N) is 1. The molecule has 0 atom stereocenters. The predicted octanol–water partition coefficient (Wildman–Crippen LogP) is 2.15. The van der Waals surface area contributed by atoms with Crippen LogP contribution in [0.3, 0.4) is 0 Å². The first-order valence-electron chi connectivity index (χ1n) is 6.59. The molecule has 0 spiro atoms. The summed E-state index contributed by atoms with van der Waals surface area (Å²) in [6, 6.07) is 6.93. The topological polar surface area (TPSA) is 88.5 Å². The fourth-order valence-electron chi connectivity index (χ4n) is 1.97. The molecule has 1 amide bonds. The van der Waals surface area contributed by atoms with E-state index >= 15 is 0 Å². The second-order valence-electron chi connectivity index (χ2n) is 5.73. The minimum absolute atomic E-state index is 0.104. The van der Waals surface area contributed by atoms with Gasteiger partial charge in [0.05, 0.1) is 0 Å². The zero-order chi connectivity index (χ0) is 14.8. The van der Waals surface area contributed by atoms with Crippen molar-refractivity contribution in [3.8, 4) is 0 Å². The van der Waals surface area contributed by atoms with Gasteiger partial charge in [0.25, 0.3) is 5.91 Å². The predicted molar refractivity (Wildman–Crippen MR) is 78.4 cm³/mol. The van der Waals surface area contributed by atoms with Crippen molar-refractivity contribution in [2.24, 2.45) is 5.41 Å². The Morgan fingerprint density at radius 1 is 1.40 bits per heavy atom. The quantitative estimate of drug-likeness (QED) is 0.730. The van der Waals surface area contributed by atoms with E-state index in [2.05, 4.69) is 5.32 Å². The van der Waals surface area contributed by atoms with E-state index in [1.807, 2.05) is 13.8 Å². The molecule has 0 saturated heterocycles. The Morgan fingerprint density at radius 3 is 2.85 bits per heavy atom. The van der Waals surface area contributed by atoms with Crippen LogP contribution < -0.4 is 11.1 Å². The highest BCUT2D eigenvalue weighted by molar-refractivity contribution is 5.96. The highest BCUT2D eigenvalue weighted by Gasteiger charge is 2.20.